The number of hydrogen-bond donors (Lipinski definition) is 4. The maximum absolute atomic E-state index is 13.1. The number of rotatable bonds is 6. The van der Waals surface area contributed by atoms with Crippen LogP contribution in [0, 0.1) is 12.8 Å². The lowest BCUT2D eigenvalue weighted by Crippen LogP contribution is -2.60. The number of likely N-dealkylation sites (tertiary alicyclic amines) is 1. The molecule has 176 valence electrons. The third-order valence-corrected chi connectivity index (χ3v) is 6.05. The van der Waals surface area contributed by atoms with Gasteiger partial charge in [-0.1, -0.05) is 12.1 Å². The highest BCUT2D eigenvalue weighted by Crippen LogP contribution is 2.33. The van der Waals surface area contributed by atoms with E-state index in [4.69, 9.17) is 11.5 Å². The van der Waals surface area contributed by atoms with E-state index in [0.717, 1.165) is 11.3 Å². The van der Waals surface area contributed by atoms with Crippen LogP contribution in [-0.2, 0) is 4.79 Å². The second kappa shape index (κ2) is 8.89. The van der Waals surface area contributed by atoms with Gasteiger partial charge in [0.05, 0.1) is 13.1 Å². The minimum absolute atomic E-state index is 0.145. The number of alkyl halides is 2. The molecule has 1 saturated heterocycles. The predicted octanol–water partition coefficient (Wildman–Crippen LogP) is 2.01. The van der Waals surface area contributed by atoms with Crippen molar-refractivity contribution in [2.24, 2.45) is 17.4 Å². The molecule has 2 fully saturated rings. The Kier molecular flexibility index (Phi) is 6.15. The van der Waals surface area contributed by atoms with Gasteiger partial charge < -0.3 is 27.0 Å². The van der Waals surface area contributed by atoms with E-state index in [1.165, 1.54) is 11.1 Å². The van der Waals surface area contributed by atoms with Gasteiger partial charge in [-0.25, -0.2) is 13.8 Å². The summed E-state index contributed by atoms with van der Waals surface area (Å²) in [5, 5.41) is 6.28. The number of nitrogens with zero attached hydrogens (tertiary/aromatic N) is 3. The molecule has 11 heteroatoms. The van der Waals surface area contributed by atoms with E-state index in [1.807, 2.05) is 31.2 Å². The molecule has 4 rings (SSSR count). The van der Waals surface area contributed by atoms with Crippen molar-refractivity contribution in [1.29, 1.82) is 0 Å². The number of primary amides is 1. The summed E-state index contributed by atoms with van der Waals surface area (Å²) in [6.07, 6.45) is 2.82. The Morgan fingerprint density at radius 1 is 1.24 bits per heavy atom. The summed E-state index contributed by atoms with van der Waals surface area (Å²) in [6.45, 7) is 0.912. The van der Waals surface area contributed by atoms with Crippen LogP contribution in [0.25, 0.3) is 0 Å². The normalized spacial score (nSPS) is 24.0. The molecular formula is C22H27F2N7O2. The fourth-order valence-corrected chi connectivity index (χ4v) is 4.29. The molecule has 2 aliphatic rings. The van der Waals surface area contributed by atoms with Gasteiger partial charge in [-0.15, -0.1) is 0 Å². The van der Waals surface area contributed by atoms with Gasteiger partial charge in [-0.3, -0.25) is 9.59 Å². The number of anilines is 3. The van der Waals surface area contributed by atoms with Crippen LogP contribution in [0.3, 0.4) is 0 Å². The first-order valence-corrected chi connectivity index (χ1v) is 10.8. The van der Waals surface area contributed by atoms with Crippen molar-refractivity contribution in [3.63, 3.8) is 0 Å². The number of hydrogen-bond acceptors (Lipinski definition) is 7. The molecule has 1 saturated carbocycles. The minimum atomic E-state index is -2.78. The van der Waals surface area contributed by atoms with Gasteiger partial charge in [-0.05, 0) is 43.9 Å². The first-order valence-electron chi connectivity index (χ1n) is 10.8. The third kappa shape index (κ3) is 5.19. The molecule has 3 atom stereocenters. The van der Waals surface area contributed by atoms with Gasteiger partial charge in [0.2, 0.25) is 11.9 Å². The Balaban J connectivity index is 1.42. The summed E-state index contributed by atoms with van der Waals surface area (Å²) in [6, 6.07) is 6.97. The Bertz CT molecular complexity index is 1060. The second-order valence-electron chi connectivity index (χ2n) is 8.79. The van der Waals surface area contributed by atoms with Gasteiger partial charge in [0.25, 0.3) is 11.8 Å². The number of nitrogens with one attached hydrogen (secondary N) is 2. The Labute approximate surface area is 189 Å². The molecule has 1 aliphatic heterocycles. The molecule has 1 aromatic heterocycles. The minimum Gasteiger partial charge on any atom is -0.365 e. The lowest BCUT2D eigenvalue weighted by Gasteiger charge is -2.42. The summed E-state index contributed by atoms with van der Waals surface area (Å²) >= 11 is 0. The summed E-state index contributed by atoms with van der Waals surface area (Å²) in [5.41, 5.74) is 13.7. The van der Waals surface area contributed by atoms with Gasteiger partial charge in [-0.2, -0.15) is 4.98 Å². The molecule has 2 amide bonds. The quantitative estimate of drug-likeness (QED) is 0.518. The van der Waals surface area contributed by atoms with E-state index in [9.17, 15) is 18.4 Å². The van der Waals surface area contributed by atoms with E-state index in [2.05, 4.69) is 20.6 Å². The lowest BCUT2D eigenvalue weighted by atomic mass is 9.81. The highest BCUT2D eigenvalue weighted by molar-refractivity contribution is 5.98. The van der Waals surface area contributed by atoms with Crippen LogP contribution < -0.4 is 22.1 Å². The first-order chi connectivity index (χ1) is 15.6. The van der Waals surface area contributed by atoms with E-state index in [0.29, 0.717) is 19.3 Å². The van der Waals surface area contributed by atoms with E-state index >= 15 is 0 Å². The number of benzene rings is 1. The first kappa shape index (κ1) is 22.8. The highest BCUT2D eigenvalue weighted by Gasteiger charge is 2.48. The summed E-state index contributed by atoms with van der Waals surface area (Å²) in [7, 11) is 0. The van der Waals surface area contributed by atoms with Gasteiger partial charge in [0, 0.05) is 29.9 Å². The molecule has 2 heterocycles. The van der Waals surface area contributed by atoms with Crippen molar-refractivity contribution in [3.05, 3.63) is 41.6 Å². The maximum Gasteiger partial charge on any atom is 0.282 e. The standard InChI is InChI=1S/C22H27F2N7O2/c1-12-3-2-4-14(7-12)28-19-15(18(26)32)9-27-21(30-19)29-17-6-5-13(8-16(17)25)20(33)31-10-22(23,24)11-31/h2-4,7,9,13,16-17H,5-6,8,10-11,25H2,1H3,(H2,26,32)(H2,27,28,29,30). The molecule has 0 bridgehead atoms. The Morgan fingerprint density at radius 3 is 2.64 bits per heavy atom. The maximum atomic E-state index is 13.1. The smallest absolute Gasteiger partial charge is 0.282 e. The van der Waals surface area contributed by atoms with Gasteiger partial charge in [0.1, 0.15) is 11.4 Å². The molecule has 0 spiro atoms. The number of amides is 2. The fraction of sp³-hybridized carbons (Fsp3) is 0.455. The van der Waals surface area contributed by atoms with Crippen LogP contribution >= 0.6 is 0 Å². The van der Waals surface area contributed by atoms with Crippen molar-refractivity contribution < 1.29 is 18.4 Å². The molecule has 33 heavy (non-hydrogen) atoms. The van der Waals surface area contributed by atoms with Crippen LogP contribution in [0.5, 0.6) is 0 Å². The van der Waals surface area contributed by atoms with Gasteiger partial charge >= 0.3 is 0 Å². The number of carbonyl (C=O) groups is 2. The molecule has 1 aromatic carbocycles. The zero-order chi connectivity index (χ0) is 23.8. The van der Waals surface area contributed by atoms with Crippen LogP contribution in [0.15, 0.2) is 30.5 Å². The third-order valence-electron chi connectivity index (χ3n) is 6.05. The number of nitrogens with two attached hydrogens (primary N) is 2. The van der Waals surface area contributed by atoms with Crippen LogP contribution in [0.2, 0.25) is 0 Å². The summed E-state index contributed by atoms with van der Waals surface area (Å²) in [4.78, 5) is 34.1. The molecule has 0 radical (unpaired) electrons. The molecule has 6 N–H and O–H groups in total. The molecule has 9 nitrogen and oxygen atoms in total. The van der Waals surface area contributed by atoms with E-state index in [1.54, 1.807) is 0 Å². The Morgan fingerprint density at radius 2 is 2.00 bits per heavy atom. The lowest BCUT2D eigenvalue weighted by molar-refractivity contribution is -0.170. The average Bonchev–Trinajstić information content (AvgIpc) is 2.73. The SMILES string of the molecule is Cc1cccc(Nc2nc(NC3CCC(C(=O)N4CC(F)(F)C4)CC3N)ncc2C(N)=O)c1. The summed E-state index contributed by atoms with van der Waals surface area (Å²) in [5.74, 6) is -3.55. The number of carbonyl (C=O) groups excluding carboxylic acids is 2. The number of halogens is 2. The largest absolute Gasteiger partial charge is 0.365 e. The number of aromatic nitrogens is 2. The zero-order valence-electron chi connectivity index (χ0n) is 18.2. The van der Waals surface area contributed by atoms with Crippen LogP contribution in [-0.4, -0.2) is 57.8 Å². The molecule has 2 aromatic rings. The molecule has 1 aliphatic carbocycles. The van der Waals surface area contributed by atoms with E-state index in [-0.39, 0.29) is 41.2 Å². The number of aryl methyl sites for hydroxylation is 1. The van der Waals surface area contributed by atoms with Crippen molar-refractivity contribution in [3.8, 4) is 0 Å². The highest BCUT2D eigenvalue weighted by atomic mass is 19.3. The van der Waals surface area contributed by atoms with Crippen molar-refractivity contribution in [2.75, 3.05) is 23.7 Å². The fourth-order valence-electron chi connectivity index (χ4n) is 4.29. The van der Waals surface area contributed by atoms with Crippen LogP contribution in [0.4, 0.5) is 26.2 Å². The van der Waals surface area contributed by atoms with Crippen molar-refractivity contribution in [2.45, 2.75) is 44.2 Å². The second-order valence-corrected chi connectivity index (χ2v) is 8.79. The molecule has 3 unspecified atom stereocenters. The molecular weight excluding hydrogens is 432 g/mol. The summed E-state index contributed by atoms with van der Waals surface area (Å²) < 4.78 is 26.2. The Hall–Kier alpha value is -3.34. The van der Waals surface area contributed by atoms with Crippen molar-refractivity contribution >= 4 is 29.3 Å². The van der Waals surface area contributed by atoms with Gasteiger partial charge in [0.15, 0.2) is 0 Å². The van der Waals surface area contributed by atoms with Crippen molar-refractivity contribution in [1.82, 2.24) is 14.9 Å². The topological polar surface area (TPSA) is 139 Å². The monoisotopic (exact) mass is 459 g/mol. The average molecular weight is 460 g/mol. The van der Waals surface area contributed by atoms with Crippen LogP contribution in [0.1, 0.15) is 35.2 Å². The zero-order valence-corrected chi connectivity index (χ0v) is 18.2. The van der Waals surface area contributed by atoms with E-state index < -0.39 is 24.9 Å². The predicted molar refractivity (Wildman–Crippen MR) is 119 cm³/mol.